The number of carbonyl (C=O) groups excluding carboxylic acids is 3. The number of hydrazine groups is 1. The lowest BCUT2D eigenvalue weighted by Gasteiger charge is -2.25. The molecule has 1 aliphatic heterocycles. The molecule has 0 unspecified atom stereocenters. The number of amides is 2. The van der Waals surface area contributed by atoms with Gasteiger partial charge in [-0.3, -0.25) is 20.4 Å². The number of hydrogen-bond donors (Lipinski definition) is 2. The molecule has 3 rings (SSSR count). The topological polar surface area (TPSA) is 103 Å². The van der Waals surface area contributed by atoms with Crippen LogP contribution in [0.15, 0.2) is 42.5 Å². The molecule has 0 radical (unpaired) electrons. The number of benzene rings is 2. The summed E-state index contributed by atoms with van der Waals surface area (Å²) in [5.41, 5.74) is 4.63. The first-order valence-corrected chi connectivity index (χ1v) is 8.34. The average Bonchev–Trinajstić information content (AvgIpc) is 2.71. The van der Waals surface area contributed by atoms with Gasteiger partial charge in [0.15, 0.2) is 18.1 Å². The summed E-state index contributed by atoms with van der Waals surface area (Å²) in [4.78, 5) is 35.6. The van der Waals surface area contributed by atoms with E-state index in [0.29, 0.717) is 17.1 Å². The van der Waals surface area contributed by atoms with Gasteiger partial charge < -0.3 is 14.2 Å². The van der Waals surface area contributed by atoms with E-state index in [9.17, 15) is 18.8 Å². The van der Waals surface area contributed by atoms with Crippen LogP contribution in [0.5, 0.6) is 11.5 Å². The summed E-state index contributed by atoms with van der Waals surface area (Å²) in [5, 5.41) is 0. The van der Waals surface area contributed by atoms with Crippen molar-refractivity contribution in [3.63, 3.8) is 0 Å². The number of fused-ring (bicyclic) bond motifs is 1. The van der Waals surface area contributed by atoms with E-state index in [1.54, 1.807) is 31.2 Å². The molecule has 9 heteroatoms. The number of rotatable bonds is 4. The van der Waals surface area contributed by atoms with Crippen LogP contribution in [0.3, 0.4) is 0 Å². The first-order valence-electron chi connectivity index (χ1n) is 8.34. The number of ether oxygens (including phenoxy) is 3. The minimum absolute atomic E-state index is 0.0211. The van der Waals surface area contributed by atoms with E-state index >= 15 is 0 Å². The fraction of sp³-hybridized carbons (Fsp3) is 0.211. The number of carbonyl (C=O) groups is 3. The molecule has 1 heterocycles. The Morgan fingerprint density at radius 2 is 1.89 bits per heavy atom. The molecule has 0 bridgehead atoms. The van der Waals surface area contributed by atoms with Crippen LogP contribution in [0, 0.1) is 12.7 Å². The summed E-state index contributed by atoms with van der Waals surface area (Å²) >= 11 is 0. The van der Waals surface area contributed by atoms with Gasteiger partial charge in [-0.05, 0) is 36.8 Å². The van der Waals surface area contributed by atoms with E-state index in [2.05, 4.69) is 10.9 Å². The van der Waals surface area contributed by atoms with Crippen molar-refractivity contribution >= 4 is 17.8 Å². The molecule has 0 fully saturated rings. The zero-order chi connectivity index (χ0) is 20.1. The van der Waals surface area contributed by atoms with E-state index in [0.717, 1.165) is 6.07 Å². The van der Waals surface area contributed by atoms with E-state index < -0.39 is 36.3 Å². The lowest BCUT2D eigenvalue weighted by atomic mass is 10.1. The maximum atomic E-state index is 13.5. The highest BCUT2D eigenvalue weighted by Crippen LogP contribution is 2.30. The fourth-order valence-corrected chi connectivity index (χ4v) is 2.33. The van der Waals surface area contributed by atoms with Crippen LogP contribution in [0.4, 0.5) is 4.39 Å². The second-order valence-electron chi connectivity index (χ2n) is 5.94. The fourth-order valence-electron chi connectivity index (χ4n) is 2.33. The Kier molecular flexibility index (Phi) is 5.73. The van der Waals surface area contributed by atoms with Crippen LogP contribution in [0.2, 0.25) is 0 Å². The second kappa shape index (κ2) is 8.38. The van der Waals surface area contributed by atoms with Gasteiger partial charge in [0, 0.05) is 0 Å². The van der Waals surface area contributed by atoms with Crippen LogP contribution in [-0.4, -0.2) is 37.1 Å². The van der Waals surface area contributed by atoms with Crippen molar-refractivity contribution in [1.82, 2.24) is 10.9 Å². The number of hydrogen-bond acceptors (Lipinski definition) is 6. The highest BCUT2D eigenvalue weighted by atomic mass is 19.1. The zero-order valence-electron chi connectivity index (χ0n) is 14.9. The molecule has 28 heavy (non-hydrogen) atoms. The molecule has 2 N–H and O–H groups in total. The SMILES string of the molecule is Cc1ccc(C(=O)OCC(=O)NNC(=O)[C@@H]2COc3ccccc3O2)cc1F. The van der Waals surface area contributed by atoms with Crippen molar-refractivity contribution in [2.75, 3.05) is 13.2 Å². The third-order valence-corrected chi connectivity index (χ3v) is 3.87. The predicted molar refractivity (Wildman–Crippen MR) is 94.1 cm³/mol. The minimum atomic E-state index is -0.951. The normalized spacial score (nSPS) is 14.7. The Morgan fingerprint density at radius 3 is 2.64 bits per heavy atom. The Balaban J connectivity index is 1.43. The van der Waals surface area contributed by atoms with Gasteiger partial charge in [0.25, 0.3) is 11.8 Å². The molecule has 146 valence electrons. The van der Waals surface area contributed by atoms with Crippen molar-refractivity contribution in [2.24, 2.45) is 0 Å². The molecular weight excluding hydrogens is 371 g/mol. The molecule has 0 aromatic heterocycles. The molecule has 8 nitrogen and oxygen atoms in total. The monoisotopic (exact) mass is 388 g/mol. The van der Waals surface area contributed by atoms with Crippen molar-refractivity contribution in [3.8, 4) is 11.5 Å². The maximum Gasteiger partial charge on any atom is 0.338 e. The van der Waals surface area contributed by atoms with Crippen molar-refractivity contribution in [1.29, 1.82) is 0 Å². The second-order valence-corrected chi connectivity index (χ2v) is 5.94. The first kappa shape index (κ1) is 19.2. The summed E-state index contributed by atoms with van der Waals surface area (Å²) in [6.07, 6.45) is -0.951. The molecule has 2 aromatic rings. The molecule has 1 aliphatic rings. The molecule has 2 amide bonds. The predicted octanol–water partition coefficient (Wildman–Crippen LogP) is 1.28. The summed E-state index contributed by atoms with van der Waals surface area (Å²) in [6.45, 7) is 0.881. The number of nitrogens with one attached hydrogen (secondary N) is 2. The highest BCUT2D eigenvalue weighted by molar-refractivity contribution is 5.92. The van der Waals surface area contributed by atoms with Gasteiger partial charge in [0.2, 0.25) is 6.10 Å². The van der Waals surface area contributed by atoms with Gasteiger partial charge in [0.1, 0.15) is 12.4 Å². The van der Waals surface area contributed by atoms with E-state index in [4.69, 9.17) is 14.2 Å². The van der Waals surface area contributed by atoms with Crippen molar-refractivity contribution in [3.05, 3.63) is 59.4 Å². The van der Waals surface area contributed by atoms with Crippen LogP contribution < -0.4 is 20.3 Å². The smallest absolute Gasteiger partial charge is 0.338 e. The maximum absolute atomic E-state index is 13.5. The average molecular weight is 388 g/mol. The highest BCUT2D eigenvalue weighted by Gasteiger charge is 2.27. The molecule has 1 atom stereocenters. The zero-order valence-corrected chi connectivity index (χ0v) is 14.9. The summed E-state index contributed by atoms with van der Waals surface area (Å²) in [7, 11) is 0. The third kappa shape index (κ3) is 4.56. The molecule has 2 aromatic carbocycles. The number of halogens is 1. The Bertz CT molecular complexity index is 917. The summed E-state index contributed by atoms with van der Waals surface area (Å²) in [5.74, 6) is -1.88. The van der Waals surface area contributed by atoms with Gasteiger partial charge in [-0.15, -0.1) is 0 Å². The van der Waals surface area contributed by atoms with E-state index in [-0.39, 0.29) is 12.2 Å². The van der Waals surface area contributed by atoms with Gasteiger partial charge in [-0.25, -0.2) is 9.18 Å². The number of aryl methyl sites for hydroxylation is 1. The number of esters is 1. The molecular formula is C19H17FN2O6. The Labute approximate surface area is 159 Å². The van der Waals surface area contributed by atoms with Gasteiger partial charge in [0.05, 0.1) is 5.56 Å². The van der Waals surface area contributed by atoms with Gasteiger partial charge >= 0.3 is 5.97 Å². The van der Waals surface area contributed by atoms with Crippen molar-refractivity contribution in [2.45, 2.75) is 13.0 Å². The minimum Gasteiger partial charge on any atom is -0.485 e. The molecule has 0 saturated heterocycles. The van der Waals surface area contributed by atoms with E-state index in [1.165, 1.54) is 12.1 Å². The van der Waals surface area contributed by atoms with Crippen LogP contribution in [0.25, 0.3) is 0 Å². The first-order chi connectivity index (χ1) is 13.4. The van der Waals surface area contributed by atoms with Crippen LogP contribution in [-0.2, 0) is 14.3 Å². The largest absolute Gasteiger partial charge is 0.485 e. The lowest BCUT2D eigenvalue weighted by Crippen LogP contribution is -2.51. The van der Waals surface area contributed by atoms with Crippen LogP contribution in [0.1, 0.15) is 15.9 Å². The van der Waals surface area contributed by atoms with Gasteiger partial charge in [-0.1, -0.05) is 18.2 Å². The standard InChI is InChI=1S/C19H17FN2O6/c1-11-6-7-12(8-13(11)20)19(25)27-10-17(23)21-22-18(24)16-9-26-14-4-2-3-5-15(14)28-16/h2-8,16H,9-10H2,1H3,(H,21,23)(H,22,24)/t16-/m0/s1. The van der Waals surface area contributed by atoms with Gasteiger partial charge in [-0.2, -0.15) is 0 Å². The number of para-hydroxylation sites is 2. The van der Waals surface area contributed by atoms with Crippen LogP contribution >= 0.6 is 0 Å². The Hall–Kier alpha value is -3.62. The summed E-state index contributed by atoms with van der Waals surface area (Å²) < 4.78 is 29.2. The lowest BCUT2D eigenvalue weighted by molar-refractivity contribution is -0.135. The third-order valence-electron chi connectivity index (χ3n) is 3.87. The molecule has 0 saturated carbocycles. The Morgan fingerprint density at radius 1 is 1.14 bits per heavy atom. The molecule has 0 spiro atoms. The summed E-state index contributed by atoms with van der Waals surface area (Å²) in [6, 6.07) is 10.7. The molecule has 0 aliphatic carbocycles. The van der Waals surface area contributed by atoms with Crippen molar-refractivity contribution < 1.29 is 33.0 Å². The van der Waals surface area contributed by atoms with E-state index in [1.807, 2.05) is 0 Å². The quantitative estimate of drug-likeness (QED) is 0.604.